The van der Waals surface area contributed by atoms with Crippen molar-refractivity contribution >= 4 is 34.3 Å². The van der Waals surface area contributed by atoms with E-state index in [0.717, 1.165) is 12.8 Å². The van der Waals surface area contributed by atoms with Gasteiger partial charge in [-0.25, -0.2) is 9.59 Å². The van der Waals surface area contributed by atoms with Gasteiger partial charge in [-0.15, -0.1) is 0 Å². The summed E-state index contributed by atoms with van der Waals surface area (Å²) in [7, 11) is 0. The van der Waals surface area contributed by atoms with Gasteiger partial charge in [0.2, 0.25) is 0 Å². The lowest BCUT2D eigenvalue weighted by atomic mass is 9.99. The number of fused-ring (bicyclic) bond motifs is 1. The lowest BCUT2D eigenvalue weighted by molar-refractivity contribution is 0.0502. The summed E-state index contributed by atoms with van der Waals surface area (Å²) in [5, 5.41) is 10.5. The van der Waals surface area contributed by atoms with Gasteiger partial charge in [0.25, 0.3) is 0 Å². The van der Waals surface area contributed by atoms with Crippen molar-refractivity contribution in [1.82, 2.24) is 0 Å². The zero-order chi connectivity index (χ0) is 15.4. The number of carboxylic acids is 1. The monoisotopic (exact) mass is 306 g/mol. The second-order valence-electron chi connectivity index (χ2n) is 4.62. The van der Waals surface area contributed by atoms with Crippen molar-refractivity contribution in [3.8, 4) is 0 Å². The molecule has 1 N–H and O–H groups in total. The summed E-state index contributed by atoms with van der Waals surface area (Å²) in [4.78, 5) is 23.5. The molecular formula is C16H15ClO4. The summed E-state index contributed by atoms with van der Waals surface area (Å²) < 4.78 is 5.18. The van der Waals surface area contributed by atoms with Crippen LogP contribution in [0.2, 0.25) is 5.02 Å². The quantitative estimate of drug-likeness (QED) is 0.666. The summed E-state index contributed by atoms with van der Waals surface area (Å²) in [6.45, 7) is 2.31. The van der Waals surface area contributed by atoms with Gasteiger partial charge in [-0.1, -0.05) is 37.1 Å². The van der Waals surface area contributed by atoms with Crippen molar-refractivity contribution in [1.29, 1.82) is 0 Å². The number of hydrogen-bond donors (Lipinski definition) is 1. The van der Waals surface area contributed by atoms with Crippen LogP contribution in [-0.2, 0) is 4.74 Å². The standard InChI is InChI=1S/C16H15ClO4/c1-2-3-9-21-16(20)12-7-8-13(17)10-5-4-6-11(14(10)12)15(18)19/h4-8H,2-3,9H2,1H3,(H,18,19). The molecule has 0 amide bonds. The van der Waals surface area contributed by atoms with E-state index in [2.05, 4.69) is 0 Å². The highest BCUT2D eigenvalue weighted by atomic mass is 35.5. The second-order valence-corrected chi connectivity index (χ2v) is 5.02. The molecule has 0 saturated heterocycles. The summed E-state index contributed by atoms with van der Waals surface area (Å²) >= 11 is 6.09. The van der Waals surface area contributed by atoms with Gasteiger partial charge in [0.1, 0.15) is 0 Å². The van der Waals surface area contributed by atoms with Crippen molar-refractivity contribution in [3.63, 3.8) is 0 Å². The molecule has 5 heteroatoms. The number of ether oxygens (including phenoxy) is 1. The molecule has 2 aromatic rings. The molecule has 4 nitrogen and oxygen atoms in total. The van der Waals surface area contributed by atoms with Crippen molar-refractivity contribution in [2.24, 2.45) is 0 Å². The van der Waals surface area contributed by atoms with Gasteiger partial charge >= 0.3 is 11.9 Å². The molecule has 0 bridgehead atoms. The van der Waals surface area contributed by atoms with Gasteiger partial charge < -0.3 is 9.84 Å². The normalized spacial score (nSPS) is 10.6. The molecule has 0 aromatic heterocycles. The Morgan fingerprint density at radius 2 is 1.95 bits per heavy atom. The fraction of sp³-hybridized carbons (Fsp3) is 0.250. The number of halogens is 1. The average molecular weight is 307 g/mol. The maximum absolute atomic E-state index is 12.2. The van der Waals surface area contributed by atoms with Crippen LogP contribution in [0.15, 0.2) is 30.3 Å². The Hall–Kier alpha value is -2.07. The minimum absolute atomic E-state index is 0.0393. The molecule has 0 unspecified atom stereocenters. The Labute approximate surface area is 127 Å². The molecule has 21 heavy (non-hydrogen) atoms. The van der Waals surface area contributed by atoms with Crippen LogP contribution in [0.3, 0.4) is 0 Å². The average Bonchev–Trinajstić information content (AvgIpc) is 2.47. The first-order valence-electron chi connectivity index (χ1n) is 6.68. The molecule has 0 saturated carbocycles. The molecule has 0 aliphatic carbocycles. The minimum Gasteiger partial charge on any atom is -0.478 e. The van der Waals surface area contributed by atoms with Crippen LogP contribution in [0, 0.1) is 0 Å². The van der Waals surface area contributed by atoms with E-state index in [-0.39, 0.29) is 11.1 Å². The zero-order valence-electron chi connectivity index (χ0n) is 11.6. The molecule has 0 aliphatic heterocycles. The SMILES string of the molecule is CCCCOC(=O)c1ccc(Cl)c2cccc(C(=O)O)c12. The molecule has 2 rings (SSSR count). The smallest absolute Gasteiger partial charge is 0.338 e. The van der Waals surface area contributed by atoms with Crippen LogP contribution in [-0.4, -0.2) is 23.7 Å². The number of carbonyl (C=O) groups is 2. The number of carbonyl (C=O) groups excluding carboxylic acids is 1. The van der Waals surface area contributed by atoms with E-state index in [4.69, 9.17) is 16.3 Å². The van der Waals surface area contributed by atoms with Gasteiger partial charge in [-0.05, 0) is 24.6 Å². The zero-order valence-corrected chi connectivity index (χ0v) is 12.3. The number of carboxylic acid groups (broad SMARTS) is 1. The number of hydrogen-bond acceptors (Lipinski definition) is 3. The number of unbranched alkanes of at least 4 members (excludes halogenated alkanes) is 1. The van der Waals surface area contributed by atoms with Crippen LogP contribution in [0.1, 0.15) is 40.5 Å². The van der Waals surface area contributed by atoms with Gasteiger partial charge in [-0.3, -0.25) is 0 Å². The fourth-order valence-corrected chi connectivity index (χ4v) is 2.33. The Kier molecular flexibility index (Phi) is 4.81. The Morgan fingerprint density at radius 3 is 2.62 bits per heavy atom. The predicted octanol–water partition coefficient (Wildman–Crippen LogP) is 4.15. The van der Waals surface area contributed by atoms with Gasteiger partial charge in [0.15, 0.2) is 0 Å². The molecular weight excluding hydrogens is 292 g/mol. The largest absolute Gasteiger partial charge is 0.478 e. The van der Waals surface area contributed by atoms with E-state index >= 15 is 0 Å². The summed E-state index contributed by atoms with van der Waals surface area (Å²) in [5.74, 6) is -1.63. The van der Waals surface area contributed by atoms with E-state index < -0.39 is 11.9 Å². The Morgan fingerprint density at radius 1 is 1.19 bits per heavy atom. The third-order valence-electron chi connectivity index (χ3n) is 3.17. The van der Waals surface area contributed by atoms with E-state index in [1.54, 1.807) is 18.2 Å². The second kappa shape index (κ2) is 6.59. The van der Waals surface area contributed by atoms with Crippen molar-refractivity contribution in [2.45, 2.75) is 19.8 Å². The van der Waals surface area contributed by atoms with Crippen LogP contribution < -0.4 is 0 Å². The summed E-state index contributed by atoms with van der Waals surface area (Å²) in [6.07, 6.45) is 1.68. The summed E-state index contributed by atoms with van der Waals surface area (Å²) in [5.41, 5.74) is 0.265. The first-order chi connectivity index (χ1) is 10.1. The van der Waals surface area contributed by atoms with E-state index in [0.29, 0.717) is 22.4 Å². The highest BCUT2D eigenvalue weighted by Crippen LogP contribution is 2.30. The molecule has 0 fully saturated rings. The van der Waals surface area contributed by atoms with Gasteiger partial charge in [0.05, 0.1) is 17.7 Å². The van der Waals surface area contributed by atoms with E-state index in [1.807, 2.05) is 6.92 Å². The Balaban J connectivity index is 2.56. The van der Waals surface area contributed by atoms with E-state index in [1.165, 1.54) is 12.1 Å². The van der Waals surface area contributed by atoms with Crippen molar-refractivity contribution < 1.29 is 19.4 Å². The van der Waals surface area contributed by atoms with Gasteiger partial charge in [-0.2, -0.15) is 0 Å². The molecule has 0 atom stereocenters. The number of benzene rings is 2. The predicted molar refractivity (Wildman–Crippen MR) is 81.1 cm³/mol. The first kappa shape index (κ1) is 15.3. The van der Waals surface area contributed by atoms with Crippen LogP contribution in [0.5, 0.6) is 0 Å². The highest BCUT2D eigenvalue weighted by Gasteiger charge is 2.19. The van der Waals surface area contributed by atoms with Crippen LogP contribution in [0.4, 0.5) is 0 Å². The third kappa shape index (κ3) is 3.16. The lowest BCUT2D eigenvalue weighted by Gasteiger charge is -2.10. The molecule has 110 valence electrons. The van der Waals surface area contributed by atoms with E-state index in [9.17, 15) is 14.7 Å². The number of esters is 1. The molecule has 0 aliphatic rings. The minimum atomic E-state index is -1.11. The molecule has 0 radical (unpaired) electrons. The summed E-state index contributed by atoms with van der Waals surface area (Å²) in [6, 6.07) is 7.82. The maximum Gasteiger partial charge on any atom is 0.338 e. The van der Waals surface area contributed by atoms with Crippen molar-refractivity contribution in [3.05, 3.63) is 46.5 Å². The van der Waals surface area contributed by atoms with Crippen LogP contribution in [0.25, 0.3) is 10.8 Å². The first-order valence-corrected chi connectivity index (χ1v) is 7.05. The number of rotatable bonds is 5. The van der Waals surface area contributed by atoms with Gasteiger partial charge in [0, 0.05) is 15.8 Å². The fourth-order valence-electron chi connectivity index (χ4n) is 2.11. The van der Waals surface area contributed by atoms with Crippen molar-refractivity contribution in [2.75, 3.05) is 6.61 Å². The Bertz CT molecular complexity index is 694. The number of aromatic carboxylic acids is 1. The highest BCUT2D eigenvalue weighted by molar-refractivity contribution is 6.36. The maximum atomic E-state index is 12.2. The topological polar surface area (TPSA) is 63.6 Å². The van der Waals surface area contributed by atoms with Crippen LogP contribution >= 0.6 is 11.6 Å². The molecule has 0 spiro atoms. The third-order valence-corrected chi connectivity index (χ3v) is 3.50. The molecule has 0 heterocycles. The lowest BCUT2D eigenvalue weighted by Crippen LogP contribution is -2.09. The molecule has 2 aromatic carbocycles.